The van der Waals surface area contributed by atoms with E-state index in [9.17, 15) is 9.18 Å². The van der Waals surface area contributed by atoms with Crippen LogP contribution < -0.4 is 0 Å². The van der Waals surface area contributed by atoms with Gasteiger partial charge in [-0.1, -0.05) is 23.9 Å². The molecule has 0 aromatic heterocycles. The number of aromatic carboxylic acids is 1. The zero-order valence-electron chi connectivity index (χ0n) is 10.6. The molecule has 0 fully saturated rings. The van der Waals surface area contributed by atoms with Gasteiger partial charge < -0.3 is 5.11 Å². The molecule has 0 atom stereocenters. The first kappa shape index (κ1) is 13.6. The van der Waals surface area contributed by atoms with Crippen LogP contribution in [-0.4, -0.2) is 11.1 Å². The molecule has 2 nitrogen and oxygen atoms in total. The summed E-state index contributed by atoms with van der Waals surface area (Å²) in [7, 11) is 0. The van der Waals surface area contributed by atoms with Crippen molar-refractivity contribution in [2.75, 3.05) is 0 Å². The zero-order chi connectivity index (χ0) is 14.0. The highest BCUT2D eigenvalue weighted by molar-refractivity contribution is 7.99. The summed E-state index contributed by atoms with van der Waals surface area (Å²) in [4.78, 5) is 12.2. The Morgan fingerprint density at radius 1 is 1.11 bits per heavy atom. The molecule has 0 aliphatic carbocycles. The van der Waals surface area contributed by atoms with Crippen LogP contribution in [0.5, 0.6) is 0 Å². The lowest BCUT2D eigenvalue weighted by Crippen LogP contribution is -1.97. The van der Waals surface area contributed by atoms with Crippen molar-refractivity contribution in [3.8, 4) is 0 Å². The molecular formula is C15H13FO2S. The van der Waals surface area contributed by atoms with Gasteiger partial charge in [0.1, 0.15) is 5.82 Å². The molecular weight excluding hydrogens is 263 g/mol. The monoisotopic (exact) mass is 276 g/mol. The topological polar surface area (TPSA) is 37.3 Å². The Balaban J connectivity index is 2.33. The van der Waals surface area contributed by atoms with Gasteiger partial charge in [0.25, 0.3) is 0 Å². The van der Waals surface area contributed by atoms with Crippen molar-refractivity contribution in [1.82, 2.24) is 0 Å². The van der Waals surface area contributed by atoms with E-state index in [1.54, 1.807) is 0 Å². The van der Waals surface area contributed by atoms with Crippen LogP contribution in [-0.2, 0) is 0 Å². The Morgan fingerprint density at radius 2 is 1.84 bits per heavy atom. The fourth-order valence-corrected chi connectivity index (χ4v) is 2.66. The van der Waals surface area contributed by atoms with Gasteiger partial charge in [-0.05, 0) is 49.2 Å². The molecule has 0 spiro atoms. The van der Waals surface area contributed by atoms with E-state index in [1.807, 2.05) is 32.0 Å². The normalized spacial score (nSPS) is 10.5. The Morgan fingerprint density at radius 3 is 2.47 bits per heavy atom. The van der Waals surface area contributed by atoms with Crippen LogP contribution in [0.15, 0.2) is 46.2 Å². The molecule has 0 aliphatic heterocycles. The van der Waals surface area contributed by atoms with E-state index < -0.39 is 11.8 Å². The van der Waals surface area contributed by atoms with E-state index in [0.29, 0.717) is 4.90 Å². The first-order valence-electron chi connectivity index (χ1n) is 5.75. The van der Waals surface area contributed by atoms with Gasteiger partial charge in [-0.25, -0.2) is 9.18 Å². The maximum absolute atomic E-state index is 13.8. The summed E-state index contributed by atoms with van der Waals surface area (Å²) < 4.78 is 13.8. The summed E-state index contributed by atoms with van der Waals surface area (Å²) in [6.45, 7) is 3.94. The Bertz CT molecular complexity index is 638. The predicted molar refractivity (Wildman–Crippen MR) is 73.4 cm³/mol. The minimum absolute atomic E-state index is 0.0391. The molecule has 2 aromatic carbocycles. The fourth-order valence-electron chi connectivity index (χ4n) is 1.65. The van der Waals surface area contributed by atoms with Crippen LogP contribution >= 0.6 is 11.8 Å². The smallest absolute Gasteiger partial charge is 0.335 e. The highest BCUT2D eigenvalue weighted by atomic mass is 32.2. The van der Waals surface area contributed by atoms with E-state index in [1.165, 1.54) is 23.9 Å². The summed E-state index contributed by atoms with van der Waals surface area (Å²) in [6, 6.07) is 9.95. The zero-order valence-corrected chi connectivity index (χ0v) is 11.4. The quantitative estimate of drug-likeness (QED) is 0.908. The molecule has 1 N–H and O–H groups in total. The lowest BCUT2D eigenvalue weighted by atomic mass is 10.2. The van der Waals surface area contributed by atoms with Crippen molar-refractivity contribution in [3.63, 3.8) is 0 Å². The minimum Gasteiger partial charge on any atom is -0.478 e. The number of benzene rings is 2. The molecule has 4 heteroatoms. The summed E-state index contributed by atoms with van der Waals surface area (Å²) >= 11 is 1.31. The summed E-state index contributed by atoms with van der Waals surface area (Å²) in [6.07, 6.45) is 0. The van der Waals surface area contributed by atoms with Gasteiger partial charge >= 0.3 is 5.97 Å². The molecule has 0 heterocycles. The molecule has 0 unspecified atom stereocenters. The highest BCUT2D eigenvalue weighted by Gasteiger charge is 2.10. The van der Waals surface area contributed by atoms with Gasteiger partial charge in [0.2, 0.25) is 0 Å². The second-order valence-corrected chi connectivity index (χ2v) is 5.41. The van der Waals surface area contributed by atoms with Crippen molar-refractivity contribution >= 4 is 17.7 Å². The van der Waals surface area contributed by atoms with Crippen LogP contribution in [0.1, 0.15) is 21.5 Å². The molecule has 2 rings (SSSR count). The second-order valence-electron chi connectivity index (χ2n) is 4.32. The Labute approximate surface area is 115 Å². The van der Waals surface area contributed by atoms with E-state index in [4.69, 9.17) is 5.11 Å². The fraction of sp³-hybridized carbons (Fsp3) is 0.133. The van der Waals surface area contributed by atoms with E-state index in [2.05, 4.69) is 0 Å². The van der Waals surface area contributed by atoms with Crippen LogP contribution in [0.2, 0.25) is 0 Å². The molecule has 19 heavy (non-hydrogen) atoms. The van der Waals surface area contributed by atoms with Gasteiger partial charge in [-0.3, -0.25) is 0 Å². The average molecular weight is 276 g/mol. The molecule has 0 aliphatic rings. The summed E-state index contributed by atoms with van der Waals surface area (Å²) in [5.41, 5.74) is 2.13. The predicted octanol–water partition coefficient (Wildman–Crippen LogP) is 4.29. The number of carbonyl (C=O) groups is 1. The summed E-state index contributed by atoms with van der Waals surface area (Å²) in [5, 5.41) is 8.80. The van der Waals surface area contributed by atoms with Gasteiger partial charge in [0.15, 0.2) is 0 Å². The number of aryl methyl sites for hydroxylation is 2. The summed E-state index contributed by atoms with van der Waals surface area (Å²) in [5.74, 6) is -1.63. The van der Waals surface area contributed by atoms with Crippen LogP contribution in [0, 0.1) is 19.7 Å². The second kappa shape index (κ2) is 5.45. The standard InChI is InChI=1S/C15H13FO2S/c1-9-3-4-10(2)14(7-9)19-13-6-5-11(15(17)18)8-12(13)16/h3-8H,1-2H3,(H,17,18). The van der Waals surface area contributed by atoms with Crippen molar-refractivity contribution in [1.29, 1.82) is 0 Å². The lowest BCUT2D eigenvalue weighted by Gasteiger charge is -2.08. The number of halogens is 1. The first-order chi connectivity index (χ1) is 8.97. The average Bonchev–Trinajstić information content (AvgIpc) is 2.36. The van der Waals surface area contributed by atoms with E-state index >= 15 is 0 Å². The van der Waals surface area contributed by atoms with E-state index in [0.717, 1.165) is 22.1 Å². The van der Waals surface area contributed by atoms with Gasteiger partial charge in [0, 0.05) is 9.79 Å². The van der Waals surface area contributed by atoms with Crippen LogP contribution in [0.4, 0.5) is 4.39 Å². The van der Waals surface area contributed by atoms with Gasteiger partial charge in [-0.2, -0.15) is 0 Å². The van der Waals surface area contributed by atoms with Crippen LogP contribution in [0.3, 0.4) is 0 Å². The SMILES string of the molecule is Cc1ccc(C)c(Sc2ccc(C(=O)O)cc2F)c1. The third kappa shape index (κ3) is 3.15. The molecule has 0 amide bonds. The van der Waals surface area contributed by atoms with Crippen LogP contribution in [0.25, 0.3) is 0 Å². The Hall–Kier alpha value is -1.81. The van der Waals surface area contributed by atoms with Gasteiger partial charge in [0.05, 0.1) is 5.56 Å². The molecule has 98 valence electrons. The van der Waals surface area contributed by atoms with Crippen molar-refractivity contribution in [2.24, 2.45) is 0 Å². The lowest BCUT2D eigenvalue weighted by molar-refractivity contribution is 0.0696. The molecule has 0 bridgehead atoms. The van der Waals surface area contributed by atoms with Crippen molar-refractivity contribution < 1.29 is 14.3 Å². The number of carboxylic acid groups (broad SMARTS) is 1. The molecule has 0 saturated carbocycles. The molecule has 2 aromatic rings. The maximum atomic E-state index is 13.8. The minimum atomic E-state index is -1.12. The molecule has 0 radical (unpaired) electrons. The third-order valence-corrected chi connectivity index (χ3v) is 3.95. The first-order valence-corrected chi connectivity index (χ1v) is 6.57. The third-order valence-electron chi connectivity index (χ3n) is 2.74. The number of rotatable bonds is 3. The van der Waals surface area contributed by atoms with Gasteiger partial charge in [-0.15, -0.1) is 0 Å². The Kier molecular flexibility index (Phi) is 3.90. The number of carboxylic acids is 1. The van der Waals surface area contributed by atoms with Crippen molar-refractivity contribution in [2.45, 2.75) is 23.6 Å². The number of hydrogen-bond donors (Lipinski definition) is 1. The number of hydrogen-bond acceptors (Lipinski definition) is 2. The highest BCUT2D eigenvalue weighted by Crippen LogP contribution is 2.33. The maximum Gasteiger partial charge on any atom is 0.335 e. The molecule has 0 saturated heterocycles. The largest absolute Gasteiger partial charge is 0.478 e. The van der Waals surface area contributed by atoms with Crippen molar-refractivity contribution in [3.05, 3.63) is 58.9 Å². The van der Waals surface area contributed by atoms with E-state index in [-0.39, 0.29) is 5.56 Å².